The van der Waals surface area contributed by atoms with Crippen LogP contribution in [0.25, 0.3) is 0 Å². The molecule has 142 valence electrons. The highest BCUT2D eigenvalue weighted by atomic mass is 32.2. The fourth-order valence-corrected chi connectivity index (χ4v) is 5.97. The maximum atomic E-state index is 13.0. The van der Waals surface area contributed by atoms with Gasteiger partial charge in [0.15, 0.2) is 0 Å². The van der Waals surface area contributed by atoms with Crippen LogP contribution in [0.1, 0.15) is 45.6 Å². The van der Waals surface area contributed by atoms with E-state index in [0.717, 1.165) is 52.8 Å². The number of hydrogen-bond acceptors (Lipinski definition) is 8. The van der Waals surface area contributed by atoms with Gasteiger partial charge in [-0.15, -0.1) is 11.3 Å². The molecule has 1 aliphatic carbocycles. The number of amides is 2. The lowest BCUT2D eigenvalue weighted by atomic mass is 9.96. The van der Waals surface area contributed by atoms with Crippen molar-refractivity contribution in [1.82, 2.24) is 4.98 Å². The zero-order valence-corrected chi connectivity index (χ0v) is 16.3. The molecule has 2 aliphatic rings. The molecule has 0 N–H and O–H groups in total. The van der Waals surface area contributed by atoms with Crippen LogP contribution < -0.4 is 10.0 Å². The van der Waals surface area contributed by atoms with Gasteiger partial charge in [0.1, 0.15) is 16.1 Å². The summed E-state index contributed by atoms with van der Waals surface area (Å²) in [6.07, 6.45) is 5.01. The summed E-state index contributed by atoms with van der Waals surface area (Å²) >= 11 is 2.28. The second kappa shape index (κ2) is 7.37. The number of carbonyl (C=O) groups is 3. The molecule has 28 heavy (non-hydrogen) atoms. The largest absolute Gasteiger partial charge is 0.545 e. The van der Waals surface area contributed by atoms with E-state index < -0.39 is 17.1 Å². The molecule has 1 saturated heterocycles. The van der Waals surface area contributed by atoms with Crippen LogP contribution in [0.5, 0.6) is 0 Å². The molecule has 3 heterocycles. The summed E-state index contributed by atoms with van der Waals surface area (Å²) < 4.78 is 0. The molecule has 1 atom stereocenters. The van der Waals surface area contributed by atoms with Crippen LogP contribution in [0, 0.1) is 11.3 Å². The number of thioether (sulfide) groups is 1. The molecule has 7 nitrogen and oxygen atoms in total. The quantitative estimate of drug-likeness (QED) is 0.702. The van der Waals surface area contributed by atoms with Gasteiger partial charge in [-0.3, -0.25) is 9.59 Å². The third-order valence-electron chi connectivity index (χ3n) is 4.82. The normalized spacial score (nSPS) is 18.8. The van der Waals surface area contributed by atoms with Crippen molar-refractivity contribution in [2.24, 2.45) is 0 Å². The molecule has 4 rings (SSSR count). The molecule has 2 aromatic heterocycles. The molecular formula is C19H14N3O4S2-. The van der Waals surface area contributed by atoms with Crippen LogP contribution in [-0.4, -0.2) is 28.0 Å². The molecule has 1 aliphatic heterocycles. The minimum atomic E-state index is -1.39. The van der Waals surface area contributed by atoms with E-state index in [9.17, 15) is 24.8 Å². The Morgan fingerprint density at radius 1 is 1.36 bits per heavy atom. The summed E-state index contributed by atoms with van der Waals surface area (Å²) in [7, 11) is 0. The molecule has 0 bridgehead atoms. The first-order chi connectivity index (χ1) is 13.5. The van der Waals surface area contributed by atoms with Crippen molar-refractivity contribution >= 4 is 45.9 Å². The van der Waals surface area contributed by atoms with Crippen LogP contribution in [-0.2, 0) is 22.4 Å². The zero-order valence-electron chi connectivity index (χ0n) is 14.6. The third kappa shape index (κ3) is 3.08. The first-order valence-electron chi connectivity index (χ1n) is 8.75. The van der Waals surface area contributed by atoms with E-state index in [-0.39, 0.29) is 22.9 Å². The van der Waals surface area contributed by atoms with Crippen LogP contribution in [0.15, 0.2) is 23.4 Å². The van der Waals surface area contributed by atoms with Gasteiger partial charge < -0.3 is 9.90 Å². The molecule has 0 aromatic carbocycles. The highest BCUT2D eigenvalue weighted by molar-refractivity contribution is 8.00. The van der Waals surface area contributed by atoms with E-state index in [0.29, 0.717) is 10.6 Å². The van der Waals surface area contributed by atoms with Crippen molar-refractivity contribution in [3.8, 4) is 6.07 Å². The Bertz CT molecular complexity index is 1040. The first kappa shape index (κ1) is 18.7. The number of nitriles is 1. The number of aromatic carboxylic acids is 1. The van der Waals surface area contributed by atoms with Crippen LogP contribution in [0.4, 0.5) is 5.00 Å². The SMILES string of the molecule is N#Cc1c(N2C(=O)CC(Sc3ncccc3C(=O)[O-])C2=O)sc2c1CCCC2. The Labute approximate surface area is 169 Å². The van der Waals surface area contributed by atoms with Gasteiger partial charge in [-0.1, -0.05) is 11.8 Å². The summed E-state index contributed by atoms with van der Waals surface area (Å²) in [5, 5.41) is 20.6. The molecule has 2 amide bonds. The number of carboxylic acid groups (broad SMARTS) is 1. The second-order valence-corrected chi connectivity index (χ2v) is 8.80. The summed E-state index contributed by atoms with van der Waals surface area (Å²) in [6.45, 7) is 0. The number of aryl methyl sites for hydroxylation is 1. The molecule has 9 heteroatoms. The van der Waals surface area contributed by atoms with Crippen molar-refractivity contribution < 1.29 is 19.5 Å². The van der Waals surface area contributed by atoms with E-state index in [1.54, 1.807) is 0 Å². The number of imide groups is 1. The number of pyridine rings is 1. The highest BCUT2D eigenvalue weighted by Crippen LogP contribution is 2.43. The molecule has 0 saturated carbocycles. The Hall–Kier alpha value is -2.70. The van der Waals surface area contributed by atoms with E-state index in [1.165, 1.54) is 29.7 Å². The van der Waals surface area contributed by atoms with E-state index in [2.05, 4.69) is 11.1 Å². The van der Waals surface area contributed by atoms with Crippen LogP contribution in [0.2, 0.25) is 0 Å². The minimum absolute atomic E-state index is 0.0694. The Kier molecular flexibility index (Phi) is 4.91. The standard InChI is InChI=1S/C19H15N3O4S2/c20-9-12-10-4-1-2-6-13(10)28-18(12)22-15(23)8-14(17(22)24)27-16-11(19(25)26)5-3-7-21-16/h3,5,7,14H,1-2,4,6,8H2,(H,25,26)/p-1. The Balaban J connectivity index is 1.65. The third-order valence-corrected chi connectivity index (χ3v) is 7.30. The van der Waals surface area contributed by atoms with Crippen LogP contribution >= 0.6 is 23.1 Å². The predicted octanol–water partition coefficient (Wildman–Crippen LogP) is 1.68. The summed E-state index contributed by atoms with van der Waals surface area (Å²) in [5.41, 5.74) is 1.25. The van der Waals surface area contributed by atoms with Gasteiger partial charge in [0.05, 0.1) is 16.8 Å². The maximum absolute atomic E-state index is 13.0. The smallest absolute Gasteiger partial charge is 0.248 e. The lowest BCUT2D eigenvalue weighted by Gasteiger charge is -2.14. The van der Waals surface area contributed by atoms with Crippen molar-refractivity contribution in [1.29, 1.82) is 5.26 Å². The number of carbonyl (C=O) groups excluding carboxylic acids is 3. The fraction of sp³-hybridized carbons (Fsp3) is 0.316. The first-order valence-corrected chi connectivity index (χ1v) is 10.4. The van der Waals surface area contributed by atoms with Gasteiger partial charge in [-0.05, 0) is 43.4 Å². The predicted molar refractivity (Wildman–Crippen MR) is 101 cm³/mol. The van der Waals surface area contributed by atoms with Crippen molar-refractivity contribution in [3.05, 3.63) is 39.9 Å². The lowest BCUT2D eigenvalue weighted by molar-refractivity contribution is -0.255. The minimum Gasteiger partial charge on any atom is -0.545 e. The summed E-state index contributed by atoms with van der Waals surface area (Å²) in [4.78, 5) is 43.0. The number of nitrogens with zero attached hydrogens (tertiary/aromatic N) is 3. The maximum Gasteiger partial charge on any atom is 0.248 e. The fourth-order valence-electron chi connectivity index (χ4n) is 3.51. The molecule has 1 unspecified atom stereocenters. The Morgan fingerprint density at radius 3 is 2.89 bits per heavy atom. The number of hydrogen-bond donors (Lipinski definition) is 0. The number of anilines is 1. The molecule has 2 aromatic rings. The van der Waals surface area contributed by atoms with Crippen molar-refractivity contribution in [3.63, 3.8) is 0 Å². The van der Waals surface area contributed by atoms with E-state index in [4.69, 9.17) is 0 Å². The van der Waals surface area contributed by atoms with Gasteiger partial charge in [0.2, 0.25) is 11.8 Å². The monoisotopic (exact) mass is 412 g/mol. The zero-order chi connectivity index (χ0) is 19.8. The molecule has 1 fully saturated rings. The van der Waals surface area contributed by atoms with E-state index in [1.807, 2.05) is 0 Å². The number of aromatic nitrogens is 1. The van der Waals surface area contributed by atoms with Gasteiger partial charge in [-0.2, -0.15) is 5.26 Å². The van der Waals surface area contributed by atoms with E-state index >= 15 is 0 Å². The number of thiophene rings is 1. The molecular weight excluding hydrogens is 398 g/mol. The topological polar surface area (TPSA) is 114 Å². The summed E-state index contributed by atoms with van der Waals surface area (Å²) in [6, 6.07) is 4.99. The van der Waals surface area contributed by atoms with Crippen LogP contribution in [0.3, 0.4) is 0 Å². The second-order valence-electron chi connectivity index (χ2n) is 6.52. The highest BCUT2D eigenvalue weighted by Gasteiger charge is 2.43. The average molecular weight is 412 g/mol. The summed E-state index contributed by atoms with van der Waals surface area (Å²) in [5.74, 6) is -2.22. The van der Waals surface area contributed by atoms with Crippen molar-refractivity contribution in [2.75, 3.05) is 4.90 Å². The molecule has 0 spiro atoms. The van der Waals surface area contributed by atoms with Gasteiger partial charge in [0.25, 0.3) is 0 Å². The van der Waals surface area contributed by atoms with Gasteiger partial charge in [-0.25, -0.2) is 9.88 Å². The molecule has 0 radical (unpaired) electrons. The average Bonchev–Trinajstić information content (AvgIpc) is 3.18. The number of carboxylic acids is 1. The lowest BCUT2D eigenvalue weighted by Crippen LogP contribution is -2.31. The Morgan fingerprint density at radius 2 is 2.14 bits per heavy atom. The number of fused-ring (bicyclic) bond motifs is 1. The van der Waals surface area contributed by atoms with Gasteiger partial charge >= 0.3 is 0 Å². The van der Waals surface area contributed by atoms with Crippen molar-refractivity contribution in [2.45, 2.75) is 42.4 Å². The number of rotatable bonds is 4. The van der Waals surface area contributed by atoms with Gasteiger partial charge in [0, 0.05) is 23.1 Å².